The van der Waals surface area contributed by atoms with Gasteiger partial charge in [0.05, 0.1) is 18.4 Å². The summed E-state index contributed by atoms with van der Waals surface area (Å²) in [5.74, 6) is 0.130. The van der Waals surface area contributed by atoms with Gasteiger partial charge >= 0.3 is 0 Å². The summed E-state index contributed by atoms with van der Waals surface area (Å²) < 4.78 is 18.6. The van der Waals surface area contributed by atoms with E-state index in [0.29, 0.717) is 24.1 Å². The molecule has 0 saturated heterocycles. The lowest BCUT2D eigenvalue weighted by Crippen LogP contribution is -2.49. The van der Waals surface area contributed by atoms with Gasteiger partial charge in [0, 0.05) is 31.0 Å². The Balaban J connectivity index is 1.87. The summed E-state index contributed by atoms with van der Waals surface area (Å²) in [5, 5.41) is 13.6. The van der Waals surface area contributed by atoms with Gasteiger partial charge in [-0.25, -0.2) is 4.39 Å². The van der Waals surface area contributed by atoms with Crippen LogP contribution in [0.4, 0.5) is 4.39 Å². The molecule has 0 amide bonds. The lowest BCUT2D eigenvalue weighted by atomic mass is 9.75. The number of aliphatic hydroxyl groups excluding tert-OH is 1. The molecule has 1 aliphatic rings. The summed E-state index contributed by atoms with van der Waals surface area (Å²) in [6, 6.07) is 1.33. The molecule has 22 heavy (non-hydrogen) atoms. The van der Waals surface area contributed by atoms with Crippen molar-refractivity contribution in [1.82, 2.24) is 10.3 Å². The van der Waals surface area contributed by atoms with Gasteiger partial charge in [-0.05, 0) is 51.5 Å². The summed E-state index contributed by atoms with van der Waals surface area (Å²) in [7, 11) is 1.78. The van der Waals surface area contributed by atoms with E-state index >= 15 is 0 Å². The molecule has 4 nitrogen and oxygen atoms in total. The molecular weight excluding hydrogens is 283 g/mol. The van der Waals surface area contributed by atoms with Gasteiger partial charge < -0.3 is 15.2 Å². The van der Waals surface area contributed by atoms with Crippen LogP contribution in [0.2, 0.25) is 0 Å². The highest BCUT2D eigenvalue weighted by molar-refractivity contribution is 5.13. The van der Waals surface area contributed by atoms with Crippen LogP contribution < -0.4 is 5.32 Å². The molecule has 0 unspecified atom stereocenters. The van der Waals surface area contributed by atoms with Crippen LogP contribution in [0.5, 0.6) is 0 Å². The number of rotatable bonds is 6. The standard InChI is InChI=1S/C17H27FN2O2/c1-17(2,13-4-6-15(22-3)7-5-13)20-11-16(21)12-8-14(18)10-19-9-12/h8-10,13,15-16,20-21H,4-7,11H2,1-3H3/t13?,15?,16-/m0/s1. The Hall–Kier alpha value is -1.04. The van der Waals surface area contributed by atoms with Crippen LogP contribution in [-0.2, 0) is 4.74 Å². The zero-order chi connectivity index (χ0) is 16.2. The maximum atomic E-state index is 13.2. The van der Waals surface area contributed by atoms with Gasteiger partial charge in [0.1, 0.15) is 5.82 Å². The summed E-state index contributed by atoms with van der Waals surface area (Å²) in [6.45, 7) is 4.73. The predicted molar refractivity (Wildman–Crippen MR) is 84.0 cm³/mol. The van der Waals surface area contributed by atoms with Crippen LogP contribution in [0.25, 0.3) is 0 Å². The van der Waals surface area contributed by atoms with E-state index in [2.05, 4.69) is 24.1 Å². The van der Waals surface area contributed by atoms with Crippen LogP contribution in [0, 0.1) is 11.7 Å². The number of halogens is 1. The van der Waals surface area contributed by atoms with Crippen molar-refractivity contribution < 1.29 is 14.2 Å². The second-order valence-electron chi connectivity index (χ2n) is 6.76. The van der Waals surface area contributed by atoms with Gasteiger partial charge in [-0.3, -0.25) is 4.98 Å². The van der Waals surface area contributed by atoms with Crippen molar-refractivity contribution in [3.05, 3.63) is 29.8 Å². The molecule has 0 aromatic carbocycles. The smallest absolute Gasteiger partial charge is 0.141 e. The van der Waals surface area contributed by atoms with E-state index in [1.165, 1.54) is 12.3 Å². The molecule has 0 bridgehead atoms. The highest BCUT2D eigenvalue weighted by Gasteiger charge is 2.33. The first kappa shape index (κ1) is 17.3. The highest BCUT2D eigenvalue weighted by atomic mass is 19.1. The molecule has 0 spiro atoms. The summed E-state index contributed by atoms with van der Waals surface area (Å²) >= 11 is 0. The average Bonchev–Trinajstić information content (AvgIpc) is 2.52. The van der Waals surface area contributed by atoms with E-state index in [4.69, 9.17) is 4.74 Å². The van der Waals surface area contributed by atoms with Gasteiger partial charge in [-0.15, -0.1) is 0 Å². The van der Waals surface area contributed by atoms with Crippen molar-refractivity contribution in [2.24, 2.45) is 5.92 Å². The maximum Gasteiger partial charge on any atom is 0.141 e. The van der Waals surface area contributed by atoms with Gasteiger partial charge in [0.25, 0.3) is 0 Å². The number of β-amino-alcohol motifs (C(OH)–C–C–N with tert-alkyl or cyclic N) is 1. The number of hydrogen-bond acceptors (Lipinski definition) is 4. The Bertz CT molecular complexity index is 473. The number of pyridine rings is 1. The van der Waals surface area contributed by atoms with Gasteiger partial charge in [0.2, 0.25) is 0 Å². The zero-order valence-electron chi connectivity index (χ0n) is 13.7. The van der Waals surface area contributed by atoms with Gasteiger partial charge in [-0.1, -0.05) is 0 Å². The second-order valence-corrected chi connectivity index (χ2v) is 6.76. The summed E-state index contributed by atoms with van der Waals surface area (Å²) in [6.07, 6.45) is 6.69. The van der Waals surface area contributed by atoms with E-state index in [1.54, 1.807) is 7.11 Å². The third kappa shape index (κ3) is 4.48. The number of hydrogen-bond donors (Lipinski definition) is 2. The van der Waals surface area contributed by atoms with Crippen LogP contribution in [0.1, 0.15) is 51.2 Å². The first-order chi connectivity index (χ1) is 10.4. The molecule has 1 atom stereocenters. The molecule has 0 aliphatic heterocycles. The Labute approximate surface area is 132 Å². The third-order valence-electron chi connectivity index (χ3n) is 4.89. The van der Waals surface area contributed by atoms with E-state index < -0.39 is 11.9 Å². The third-order valence-corrected chi connectivity index (χ3v) is 4.89. The number of methoxy groups -OCH3 is 1. The Morgan fingerprint density at radius 3 is 2.64 bits per heavy atom. The zero-order valence-corrected chi connectivity index (χ0v) is 13.7. The molecule has 124 valence electrons. The first-order valence-corrected chi connectivity index (χ1v) is 7.98. The Morgan fingerprint density at radius 2 is 2.05 bits per heavy atom. The normalized spacial score (nSPS) is 24.2. The lowest BCUT2D eigenvalue weighted by Gasteiger charge is -2.40. The molecular formula is C17H27FN2O2. The summed E-state index contributed by atoms with van der Waals surface area (Å²) in [4.78, 5) is 3.78. The fourth-order valence-electron chi connectivity index (χ4n) is 3.25. The number of nitrogens with one attached hydrogen (secondary N) is 1. The molecule has 2 N–H and O–H groups in total. The van der Waals surface area contributed by atoms with Crippen LogP contribution in [-0.4, -0.2) is 35.4 Å². The number of aliphatic hydroxyl groups is 1. The first-order valence-electron chi connectivity index (χ1n) is 7.98. The molecule has 2 rings (SSSR count). The second kappa shape index (κ2) is 7.49. The number of ether oxygens (including phenoxy) is 1. The molecule has 1 aromatic rings. The van der Waals surface area contributed by atoms with Crippen molar-refractivity contribution in [2.75, 3.05) is 13.7 Å². The number of nitrogens with zero attached hydrogens (tertiary/aromatic N) is 1. The topological polar surface area (TPSA) is 54.4 Å². The van der Waals surface area contributed by atoms with Crippen LogP contribution in [0.3, 0.4) is 0 Å². The van der Waals surface area contributed by atoms with E-state index in [0.717, 1.165) is 31.9 Å². The minimum Gasteiger partial charge on any atom is -0.387 e. The molecule has 1 heterocycles. The molecule has 1 aliphatic carbocycles. The molecule has 0 radical (unpaired) electrons. The van der Waals surface area contributed by atoms with E-state index in [1.807, 2.05) is 0 Å². The molecule has 1 saturated carbocycles. The van der Waals surface area contributed by atoms with Crippen LogP contribution in [0.15, 0.2) is 18.5 Å². The van der Waals surface area contributed by atoms with Crippen molar-refractivity contribution in [2.45, 2.75) is 57.3 Å². The SMILES string of the molecule is COC1CCC(C(C)(C)NC[C@H](O)c2cncc(F)c2)CC1. The van der Waals surface area contributed by atoms with E-state index in [-0.39, 0.29) is 5.54 Å². The van der Waals surface area contributed by atoms with Gasteiger partial charge in [0.15, 0.2) is 0 Å². The highest BCUT2D eigenvalue weighted by Crippen LogP contribution is 2.33. The monoisotopic (exact) mass is 310 g/mol. The average molecular weight is 310 g/mol. The maximum absolute atomic E-state index is 13.2. The van der Waals surface area contributed by atoms with Crippen LogP contribution >= 0.6 is 0 Å². The fraction of sp³-hybridized carbons (Fsp3) is 0.706. The fourth-order valence-corrected chi connectivity index (χ4v) is 3.25. The quantitative estimate of drug-likeness (QED) is 0.848. The Morgan fingerprint density at radius 1 is 1.36 bits per heavy atom. The molecule has 1 fully saturated rings. The lowest BCUT2D eigenvalue weighted by molar-refractivity contribution is 0.0380. The van der Waals surface area contributed by atoms with Crippen molar-refractivity contribution in [1.29, 1.82) is 0 Å². The summed E-state index contributed by atoms with van der Waals surface area (Å²) in [5.41, 5.74) is 0.437. The van der Waals surface area contributed by atoms with E-state index in [9.17, 15) is 9.50 Å². The van der Waals surface area contributed by atoms with Gasteiger partial charge in [-0.2, -0.15) is 0 Å². The van der Waals surface area contributed by atoms with Crippen molar-refractivity contribution in [3.63, 3.8) is 0 Å². The minimum absolute atomic E-state index is 0.0690. The Kier molecular flexibility index (Phi) is 5.89. The minimum atomic E-state index is -0.752. The largest absolute Gasteiger partial charge is 0.387 e. The molecule has 1 aromatic heterocycles. The predicted octanol–water partition coefficient (Wildman–Crippen LogP) is 2.83. The number of aromatic nitrogens is 1. The molecule has 5 heteroatoms. The van der Waals surface area contributed by atoms with Crippen molar-refractivity contribution in [3.8, 4) is 0 Å². The van der Waals surface area contributed by atoms with Crippen molar-refractivity contribution >= 4 is 0 Å².